The van der Waals surface area contributed by atoms with E-state index in [1.165, 1.54) is 5.56 Å². The van der Waals surface area contributed by atoms with Gasteiger partial charge >= 0.3 is 0 Å². The molecular formula is C22H27N3O3. The van der Waals surface area contributed by atoms with Crippen LogP contribution < -0.4 is 5.32 Å². The van der Waals surface area contributed by atoms with Gasteiger partial charge in [0.25, 0.3) is 5.91 Å². The summed E-state index contributed by atoms with van der Waals surface area (Å²) in [5.74, 6) is 1.07. The Balaban J connectivity index is 1.54. The van der Waals surface area contributed by atoms with Crippen molar-refractivity contribution in [3.8, 4) is 0 Å². The number of aromatic nitrogens is 1. The van der Waals surface area contributed by atoms with Gasteiger partial charge in [-0.1, -0.05) is 48.8 Å². The van der Waals surface area contributed by atoms with Crippen molar-refractivity contribution in [1.82, 2.24) is 15.4 Å². The summed E-state index contributed by atoms with van der Waals surface area (Å²) < 4.78 is 5.30. The molecule has 28 heavy (non-hydrogen) atoms. The number of aryl methyl sites for hydroxylation is 1. The third-order valence-electron chi connectivity index (χ3n) is 5.70. The van der Waals surface area contributed by atoms with Crippen LogP contribution in [0.3, 0.4) is 0 Å². The molecule has 1 N–H and O–H groups in total. The molecule has 1 aromatic carbocycles. The first kappa shape index (κ1) is 18.7. The van der Waals surface area contributed by atoms with Crippen molar-refractivity contribution in [3.05, 3.63) is 52.9 Å². The zero-order valence-corrected chi connectivity index (χ0v) is 16.6. The van der Waals surface area contributed by atoms with Crippen molar-refractivity contribution in [3.63, 3.8) is 0 Å². The lowest BCUT2D eigenvalue weighted by molar-refractivity contribution is -0.123. The molecule has 6 nitrogen and oxygen atoms in total. The third-order valence-corrected chi connectivity index (χ3v) is 5.70. The van der Waals surface area contributed by atoms with Gasteiger partial charge in [0.2, 0.25) is 5.91 Å². The number of benzene rings is 1. The summed E-state index contributed by atoms with van der Waals surface area (Å²) in [6.07, 6.45) is 1.93. The maximum Gasteiger partial charge on any atom is 0.276 e. The molecule has 1 aliphatic carbocycles. The Kier molecular flexibility index (Phi) is 4.96. The molecule has 148 valence electrons. The van der Waals surface area contributed by atoms with E-state index in [2.05, 4.69) is 41.7 Å². The van der Waals surface area contributed by atoms with Gasteiger partial charge in [0.05, 0.1) is 6.04 Å². The zero-order valence-electron chi connectivity index (χ0n) is 16.6. The van der Waals surface area contributed by atoms with Gasteiger partial charge in [0.1, 0.15) is 5.76 Å². The summed E-state index contributed by atoms with van der Waals surface area (Å²) in [6.45, 7) is 7.10. The van der Waals surface area contributed by atoms with Crippen LogP contribution in [0.5, 0.6) is 0 Å². The quantitative estimate of drug-likeness (QED) is 0.863. The number of hydrogen-bond acceptors (Lipinski definition) is 4. The molecule has 0 bridgehead atoms. The highest BCUT2D eigenvalue weighted by molar-refractivity contribution is 5.92. The first-order valence-corrected chi connectivity index (χ1v) is 10.0. The molecule has 2 heterocycles. The minimum atomic E-state index is -0.143. The number of carbonyl (C=O) groups excluding carboxylic acids is 2. The normalized spacial score (nSPS) is 21.9. The van der Waals surface area contributed by atoms with E-state index in [1.807, 2.05) is 13.8 Å². The van der Waals surface area contributed by atoms with E-state index in [0.717, 1.165) is 18.4 Å². The fourth-order valence-corrected chi connectivity index (χ4v) is 3.74. The molecule has 2 amide bonds. The minimum Gasteiger partial charge on any atom is -0.360 e. The average Bonchev–Trinajstić information content (AvgIpc) is 3.26. The van der Waals surface area contributed by atoms with Crippen molar-refractivity contribution in [2.24, 2.45) is 5.92 Å². The Morgan fingerprint density at radius 3 is 2.50 bits per heavy atom. The fraction of sp³-hybridized carbons (Fsp3) is 0.500. The molecule has 6 heteroatoms. The predicted molar refractivity (Wildman–Crippen MR) is 105 cm³/mol. The Morgan fingerprint density at radius 1 is 1.18 bits per heavy atom. The molecule has 1 aromatic heterocycles. The standard InChI is InChI=1S/C22H27N3O3/c1-13(2)20-10-18(24-28-20)22(27)25-11-17(15-6-4-14(3)5-7-15)19(12-25)23-21(26)16-8-9-16/h4-7,10,13,16-17,19H,8-9,11-12H2,1-3H3,(H,23,26)/t17-,19+/m0/s1. The molecule has 1 aliphatic heterocycles. The molecule has 0 radical (unpaired) electrons. The summed E-state index contributed by atoms with van der Waals surface area (Å²) in [5, 5.41) is 7.15. The van der Waals surface area contributed by atoms with Crippen LogP contribution in [-0.4, -0.2) is 41.0 Å². The van der Waals surface area contributed by atoms with Crippen LogP contribution in [0.1, 0.15) is 65.9 Å². The molecule has 0 unspecified atom stereocenters. The SMILES string of the molecule is Cc1ccc([C@@H]2CN(C(=O)c3cc(C(C)C)on3)C[C@H]2NC(=O)C2CC2)cc1. The first-order chi connectivity index (χ1) is 13.4. The smallest absolute Gasteiger partial charge is 0.276 e. The van der Waals surface area contributed by atoms with E-state index in [-0.39, 0.29) is 35.6 Å². The number of amides is 2. The maximum atomic E-state index is 13.0. The second-order valence-corrected chi connectivity index (χ2v) is 8.39. The van der Waals surface area contributed by atoms with Gasteiger partial charge in [-0.25, -0.2) is 0 Å². The monoisotopic (exact) mass is 381 g/mol. The molecule has 4 rings (SSSR count). The van der Waals surface area contributed by atoms with Crippen LogP contribution in [0.25, 0.3) is 0 Å². The van der Waals surface area contributed by atoms with E-state index in [1.54, 1.807) is 11.0 Å². The predicted octanol–water partition coefficient (Wildman–Crippen LogP) is 3.24. The van der Waals surface area contributed by atoms with Crippen LogP contribution in [0.15, 0.2) is 34.9 Å². The second kappa shape index (κ2) is 7.41. The van der Waals surface area contributed by atoms with Gasteiger partial charge < -0.3 is 14.7 Å². The van der Waals surface area contributed by atoms with Crippen molar-refractivity contribution < 1.29 is 14.1 Å². The summed E-state index contributed by atoms with van der Waals surface area (Å²) >= 11 is 0. The lowest BCUT2D eigenvalue weighted by Crippen LogP contribution is -2.41. The van der Waals surface area contributed by atoms with Crippen molar-refractivity contribution >= 4 is 11.8 Å². The van der Waals surface area contributed by atoms with Crippen molar-refractivity contribution in [2.45, 2.75) is 51.5 Å². The summed E-state index contributed by atoms with van der Waals surface area (Å²) in [7, 11) is 0. The Morgan fingerprint density at radius 2 is 1.89 bits per heavy atom. The number of carbonyl (C=O) groups is 2. The van der Waals surface area contributed by atoms with E-state index in [4.69, 9.17) is 4.52 Å². The molecule has 2 aromatic rings. The van der Waals surface area contributed by atoms with Crippen LogP contribution in [0.2, 0.25) is 0 Å². The number of hydrogen-bond donors (Lipinski definition) is 1. The summed E-state index contributed by atoms with van der Waals surface area (Å²) in [6, 6.07) is 9.98. The van der Waals surface area contributed by atoms with Gasteiger partial charge in [-0.3, -0.25) is 9.59 Å². The van der Waals surface area contributed by atoms with Crippen LogP contribution in [0.4, 0.5) is 0 Å². The van der Waals surface area contributed by atoms with Gasteiger partial charge in [0.15, 0.2) is 5.69 Å². The average molecular weight is 381 g/mol. The second-order valence-electron chi connectivity index (χ2n) is 8.39. The number of rotatable bonds is 5. The molecule has 2 fully saturated rings. The van der Waals surface area contributed by atoms with Gasteiger partial charge in [-0.15, -0.1) is 0 Å². The zero-order chi connectivity index (χ0) is 19.8. The van der Waals surface area contributed by atoms with Gasteiger partial charge in [-0.05, 0) is 25.3 Å². The molecular weight excluding hydrogens is 354 g/mol. The van der Waals surface area contributed by atoms with E-state index in [0.29, 0.717) is 24.5 Å². The number of nitrogens with one attached hydrogen (secondary N) is 1. The topological polar surface area (TPSA) is 75.4 Å². The summed E-state index contributed by atoms with van der Waals surface area (Å²) in [4.78, 5) is 27.1. The highest BCUT2D eigenvalue weighted by Crippen LogP contribution is 2.33. The lowest BCUT2D eigenvalue weighted by Gasteiger charge is -2.20. The van der Waals surface area contributed by atoms with E-state index in [9.17, 15) is 9.59 Å². The van der Waals surface area contributed by atoms with Crippen molar-refractivity contribution in [2.75, 3.05) is 13.1 Å². The lowest BCUT2D eigenvalue weighted by atomic mass is 9.93. The van der Waals surface area contributed by atoms with Crippen LogP contribution in [0, 0.1) is 12.8 Å². The van der Waals surface area contributed by atoms with E-state index >= 15 is 0 Å². The van der Waals surface area contributed by atoms with Gasteiger partial charge in [0, 0.05) is 36.9 Å². The first-order valence-electron chi connectivity index (χ1n) is 10.0. The van der Waals surface area contributed by atoms with Crippen LogP contribution >= 0.6 is 0 Å². The van der Waals surface area contributed by atoms with Gasteiger partial charge in [-0.2, -0.15) is 0 Å². The highest BCUT2D eigenvalue weighted by Gasteiger charge is 2.40. The Labute approximate surface area is 165 Å². The Hall–Kier alpha value is -2.63. The molecule has 2 atom stereocenters. The highest BCUT2D eigenvalue weighted by atomic mass is 16.5. The number of nitrogens with zero attached hydrogens (tertiary/aromatic N) is 2. The van der Waals surface area contributed by atoms with Crippen molar-refractivity contribution in [1.29, 1.82) is 0 Å². The summed E-state index contributed by atoms with van der Waals surface area (Å²) in [5.41, 5.74) is 2.67. The Bertz CT molecular complexity index is 867. The minimum absolute atomic E-state index is 0.0729. The third kappa shape index (κ3) is 3.81. The molecule has 2 aliphatic rings. The molecule has 1 saturated heterocycles. The number of likely N-dealkylation sites (tertiary alicyclic amines) is 1. The molecule has 0 spiro atoms. The molecule has 1 saturated carbocycles. The van der Waals surface area contributed by atoms with E-state index < -0.39 is 0 Å². The van der Waals surface area contributed by atoms with Crippen LogP contribution in [-0.2, 0) is 4.79 Å². The fourth-order valence-electron chi connectivity index (χ4n) is 3.74. The maximum absolute atomic E-state index is 13.0. The largest absolute Gasteiger partial charge is 0.360 e.